The van der Waals surface area contributed by atoms with Crippen LogP contribution in [0.3, 0.4) is 0 Å². The Kier molecular flexibility index (Phi) is 4.52. The molecule has 114 valence electrons. The summed E-state index contributed by atoms with van der Waals surface area (Å²) < 4.78 is 33.1. The largest absolute Gasteiger partial charge is 0.491 e. The maximum absolute atomic E-state index is 12.5. The summed E-state index contributed by atoms with van der Waals surface area (Å²) in [6.45, 7) is 5.85. The van der Waals surface area contributed by atoms with E-state index in [0.29, 0.717) is 29.4 Å². The van der Waals surface area contributed by atoms with Crippen LogP contribution >= 0.6 is 0 Å². The molecule has 6 nitrogen and oxygen atoms in total. The van der Waals surface area contributed by atoms with E-state index in [4.69, 9.17) is 4.74 Å². The fourth-order valence-corrected chi connectivity index (χ4v) is 3.46. The molecule has 2 rings (SSSR count). The Morgan fingerprint density at radius 2 is 2.00 bits per heavy atom. The lowest BCUT2D eigenvalue weighted by atomic mass is 10.3. The Morgan fingerprint density at radius 3 is 2.62 bits per heavy atom. The van der Waals surface area contributed by atoms with Crippen LogP contribution in [0, 0.1) is 13.8 Å². The highest BCUT2D eigenvalue weighted by molar-refractivity contribution is 7.92. The number of nitrogens with one attached hydrogen (secondary N) is 2. The van der Waals surface area contributed by atoms with Crippen LogP contribution in [0.15, 0.2) is 29.2 Å². The minimum absolute atomic E-state index is 0.174. The number of sulfonamides is 1. The van der Waals surface area contributed by atoms with Crippen molar-refractivity contribution in [3.05, 3.63) is 35.7 Å². The summed E-state index contributed by atoms with van der Waals surface area (Å²) in [7, 11) is -3.70. The maximum atomic E-state index is 12.5. The van der Waals surface area contributed by atoms with E-state index in [1.165, 1.54) is 0 Å². The number of hydrogen-bond donors (Lipinski definition) is 2. The van der Waals surface area contributed by atoms with Gasteiger partial charge >= 0.3 is 0 Å². The summed E-state index contributed by atoms with van der Waals surface area (Å²) in [6.07, 6.45) is 0.848. The van der Waals surface area contributed by atoms with Crippen molar-refractivity contribution in [1.29, 1.82) is 0 Å². The number of para-hydroxylation sites is 2. The molecule has 0 saturated carbocycles. The predicted molar refractivity (Wildman–Crippen MR) is 81.1 cm³/mol. The molecule has 0 aliphatic carbocycles. The molecule has 0 saturated heterocycles. The van der Waals surface area contributed by atoms with Crippen LogP contribution in [0.1, 0.15) is 24.7 Å². The van der Waals surface area contributed by atoms with E-state index in [1.54, 1.807) is 38.1 Å². The van der Waals surface area contributed by atoms with E-state index >= 15 is 0 Å². The zero-order valence-electron chi connectivity index (χ0n) is 12.3. The Morgan fingerprint density at radius 1 is 1.29 bits per heavy atom. The first-order valence-electron chi connectivity index (χ1n) is 6.72. The number of nitrogens with zero attached hydrogens (tertiary/aromatic N) is 1. The summed E-state index contributed by atoms with van der Waals surface area (Å²) >= 11 is 0. The highest BCUT2D eigenvalue weighted by Gasteiger charge is 2.23. The SMILES string of the molecule is CCCOc1ccccc1NS(=O)(=O)c1c(C)n[nH]c1C. The third-order valence-electron chi connectivity index (χ3n) is 2.92. The molecule has 2 N–H and O–H groups in total. The Bertz CT molecular complexity index is 703. The van der Waals surface area contributed by atoms with Crippen molar-refractivity contribution in [2.24, 2.45) is 0 Å². The molecular formula is C14H19N3O3S. The molecule has 2 aromatic rings. The van der Waals surface area contributed by atoms with Gasteiger partial charge in [-0.15, -0.1) is 0 Å². The van der Waals surface area contributed by atoms with Gasteiger partial charge in [0, 0.05) is 0 Å². The molecule has 1 heterocycles. The van der Waals surface area contributed by atoms with E-state index in [-0.39, 0.29) is 4.90 Å². The second-order valence-electron chi connectivity index (χ2n) is 4.71. The standard InChI is InChI=1S/C14H19N3O3S/c1-4-9-20-13-8-6-5-7-12(13)17-21(18,19)14-10(2)15-16-11(14)3/h5-8,17H,4,9H2,1-3H3,(H,15,16). The average Bonchev–Trinajstić information content (AvgIpc) is 2.77. The first kappa shape index (κ1) is 15.4. The number of H-pyrrole nitrogens is 1. The van der Waals surface area contributed by atoms with Crippen molar-refractivity contribution in [3.8, 4) is 5.75 Å². The van der Waals surface area contributed by atoms with Crippen molar-refractivity contribution in [1.82, 2.24) is 10.2 Å². The van der Waals surface area contributed by atoms with Crippen molar-refractivity contribution >= 4 is 15.7 Å². The van der Waals surface area contributed by atoms with E-state index in [9.17, 15) is 8.42 Å². The van der Waals surface area contributed by atoms with Crippen molar-refractivity contribution in [3.63, 3.8) is 0 Å². The van der Waals surface area contributed by atoms with Gasteiger partial charge in [-0.2, -0.15) is 5.10 Å². The van der Waals surface area contributed by atoms with Crippen LogP contribution in [0.25, 0.3) is 0 Å². The number of aryl methyl sites for hydroxylation is 2. The minimum atomic E-state index is -3.70. The minimum Gasteiger partial charge on any atom is -0.491 e. The summed E-state index contributed by atoms with van der Waals surface area (Å²) in [5.41, 5.74) is 1.37. The number of benzene rings is 1. The smallest absolute Gasteiger partial charge is 0.265 e. The lowest BCUT2D eigenvalue weighted by molar-refractivity contribution is 0.319. The monoisotopic (exact) mass is 309 g/mol. The Hall–Kier alpha value is -2.02. The van der Waals surface area contributed by atoms with E-state index < -0.39 is 10.0 Å². The molecule has 0 unspecified atom stereocenters. The molecule has 1 aromatic heterocycles. The molecule has 7 heteroatoms. The summed E-state index contributed by atoms with van der Waals surface area (Å²) in [5.74, 6) is 0.515. The molecule has 1 aromatic carbocycles. The van der Waals surface area contributed by atoms with Gasteiger partial charge in [0.2, 0.25) is 0 Å². The average molecular weight is 309 g/mol. The normalized spacial score (nSPS) is 11.4. The predicted octanol–water partition coefficient (Wildman–Crippen LogP) is 2.62. The number of aromatic nitrogens is 2. The van der Waals surface area contributed by atoms with Crippen LogP contribution in [-0.2, 0) is 10.0 Å². The van der Waals surface area contributed by atoms with Gasteiger partial charge in [-0.1, -0.05) is 19.1 Å². The summed E-state index contributed by atoms with van der Waals surface area (Å²) in [4.78, 5) is 0.174. The zero-order chi connectivity index (χ0) is 15.5. The number of hydrogen-bond acceptors (Lipinski definition) is 4. The van der Waals surface area contributed by atoms with Gasteiger partial charge in [-0.25, -0.2) is 8.42 Å². The fraction of sp³-hybridized carbons (Fsp3) is 0.357. The maximum Gasteiger partial charge on any atom is 0.265 e. The van der Waals surface area contributed by atoms with Gasteiger partial charge in [-0.3, -0.25) is 9.82 Å². The third kappa shape index (κ3) is 3.36. The first-order valence-corrected chi connectivity index (χ1v) is 8.20. The topological polar surface area (TPSA) is 84.1 Å². The Balaban J connectivity index is 2.33. The second-order valence-corrected chi connectivity index (χ2v) is 6.33. The van der Waals surface area contributed by atoms with Crippen LogP contribution in [-0.4, -0.2) is 25.2 Å². The molecule has 21 heavy (non-hydrogen) atoms. The summed E-state index contributed by atoms with van der Waals surface area (Å²) in [5, 5.41) is 6.60. The molecular weight excluding hydrogens is 290 g/mol. The third-order valence-corrected chi connectivity index (χ3v) is 4.55. The van der Waals surface area contributed by atoms with Crippen LogP contribution in [0.5, 0.6) is 5.75 Å². The molecule has 0 atom stereocenters. The van der Waals surface area contributed by atoms with E-state index in [2.05, 4.69) is 14.9 Å². The first-order chi connectivity index (χ1) is 9.95. The zero-order valence-corrected chi connectivity index (χ0v) is 13.1. The molecule has 0 fully saturated rings. The number of rotatable bonds is 6. The van der Waals surface area contributed by atoms with Gasteiger partial charge in [0.15, 0.2) is 0 Å². The molecule has 0 aliphatic rings. The highest BCUT2D eigenvalue weighted by Crippen LogP contribution is 2.28. The van der Waals surface area contributed by atoms with Gasteiger partial charge in [-0.05, 0) is 32.4 Å². The van der Waals surface area contributed by atoms with Gasteiger partial charge < -0.3 is 4.74 Å². The van der Waals surface area contributed by atoms with Crippen LogP contribution in [0.4, 0.5) is 5.69 Å². The van der Waals surface area contributed by atoms with Crippen molar-refractivity contribution in [2.75, 3.05) is 11.3 Å². The number of aromatic amines is 1. The lowest BCUT2D eigenvalue weighted by Gasteiger charge is -2.13. The van der Waals surface area contributed by atoms with E-state index in [0.717, 1.165) is 6.42 Å². The van der Waals surface area contributed by atoms with Crippen molar-refractivity contribution in [2.45, 2.75) is 32.1 Å². The van der Waals surface area contributed by atoms with Gasteiger partial charge in [0.05, 0.1) is 23.7 Å². The molecule has 0 spiro atoms. The van der Waals surface area contributed by atoms with Gasteiger partial charge in [0.1, 0.15) is 10.6 Å². The summed E-state index contributed by atoms with van der Waals surface area (Å²) in [6, 6.07) is 6.97. The fourth-order valence-electron chi connectivity index (χ4n) is 2.02. The Labute approximate surface area is 124 Å². The quantitative estimate of drug-likeness (QED) is 0.859. The van der Waals surface area contributed by atoms with E-state index in [1.807, 2.05) is 6.92 Å². The molecule has 0 bridgehead atoms. The number of ether oxygens (including phenoxy) is 1. The lowest BCUT2D eigenvalue weighted by Crippen LogP contribution is -2.15. The second kappa shape index (κ2) is 6.17. The molecule has 0 amide bonds. The molecule has 0 aliphatic heterocycles. The van der Waals surface area contributed by atoms with Gasteiger partial charge in [0.25, 0.3) is 10.0 Å². The number of anilines is 1. The highest BCUT2D eigenvalue weighted by atomic mass is 32.2. The van der Waals surface area contributed by atoms with Crippen molar-refractivity contribution < 1.29 is 13.2 Å². The molecule has 0 radical (unpaired) electrons. The van der Waals surface area contributed by atoms with Crippen LogP contribution in [0.2, 0.25) is 0 Å². The van der Waals surface area contributed by atoms with Crippen LogP contribution < -0.4 is 9.46 Å².